The van der Waals surface area contributed by atoms with Crippen LogP contribution < -0.4 is 5.32 Å². The van der Waals surface area contributed by atoms with E-state index in [9.17, 15) is 10.2 Å². The van der Waals surface area contributed by atoms with Crippen LogP contribution in [0.15, 0.2) is 24.3 Å². The third kappa shape index (κ3) is 4.64. The lowest BCUT2D eigenvalue weighted by Crippen LogP contribution is -2.33. The second kappa shape index (κ2) is 6.97. The lowest BCUT2D eigenvalue weighted by Gasteiger charge is -2.17. The zero-order valence-corrected chi connectivity index (χ0v) is 11.0. The quantitative estimate of drug-likeness (QED) is 0.731. The Morgan fingerprint density at radius 3 is 2.41 bits per heavy atom. The molecule has 0 saturated heterocycles. The monoisotopic (exact) mass is 257 g/mol. The predicted molar refractivity (Wildman–Crippen MR) is 70.1 cm³/mol. The van der Waals surface area contributed by atoms with Crippen LogP contribution in [0.25, 0.3) is 0 Å². The standard InChI is InChI=1S/C13H20ClNO2/c1-9(2)12(16)7-15-8-13(17)10-5-3-4-6-11(10)14/h3-6,9,12-13,15-17H,7-8H2,1-2H3. The maximum absolute atomic E-state index is 9.92. The number of benzene rings is 1. The van der Waals surface area contributed by atoms with Crippen molar-refractivity contribution in [2.75, 3.05) is 13.1 Å². The summed E-state index contributed by atoms with van der Waals surface area (Å²) in [6, 6.07) is 7.22. The summed E-state index contributed by atoms with van der Waals surface area (Å²) in [5.74, 6) is 0.208. The summed E-state index contributed by atoms with van der Waals surface area (Å²) < 4.78 is 0. The van der Waals surface area contributed by atoms with Crippen molar-refractivity contribution in [3.63, 3.8) is 0 Å². The molecule has 0 aromatic heterocycles. The Hall–Kier alpha value is -0.610. The largest absolute Gasteiger partial charge is 0.392 e. The molecule has 2 atom stereocenters. The number of rotatable bonds is 6. The first-order valence-corrected chi connectivity index (χ1v) is 6.21. The van der Waals surface area contributed by atoms with Crippen molar-refractivity contribution < 1.29 is 10.2 Å². The Morgan fingerprint density at radius 2 is 1.82 bits per heavy atom. The predicted octanol–water partition coefficient (Wildman–Crippen LogP) is 1.98. The molecule has 96 valence electrons. The lowest BCUT2D eigenvalue weighted by atomic mass is 10.1. The molecule has 0 aliphatic heterocycles. The summed E-state index contributed by atoms with van der Waals surface area (Å²) in [5.41, 5.74) is 0.709. The Labute approximate surface area is 107 Å². The normalized spacial score (nSPS) is 14.9. The maximum atomic E-state index is 9.92. The van der Waals surface area contributed by atoms with Crippen molar-refractivity contribution in [3.05, 3.63) is 34.9 Å². The Kier molecular flexibility index (Phi) is 5.92. The Balaban J connectivity index is 2.40. The van der Waals surface area contributed by atoms with E-state index in [4.69, 9.17) is 11.6 Å². The van der Waals surface area contributed by atoms with E-state index in [1.165, 1.54) is 0 Å². The molecule has 0 aliphatic rings. The third-order valence-corrected chi connectivity index (χ3v) is 3.07. The molecule has 0 saturated carbocycles. The van der Waals surface area contributed by atoms with Gasteiger partial charge in [-0.05, 0) is 12.0 Å². The highest BCUT2D eigenvalue weighted by atomic mass is 35.5. The molecule has 0 fully saturated rings. The van der Waals surface area contributed by atoms with E-state index >= 15 is 0 Å². The van der Waals surface area contributed by atoms with E-state index in [2.05, 4.69) is 5.32 Å². The third-order valence-electron chi connectivity index (χ3n) is 2.72. The van der Waals surface area contributed by atoms with Gasteiger partial charge in [0.2, 0.25) is 0 Å². The van der Waals surface area contributed by atoms with Crippen molar-refractivity contribution in [2.45, 2.75) is 26.1 Å². The van der Waals surface area contributed by atoms with Crippen molar-refractivity contribution >= 4 is 11.6 Å². The van der Waals surface area contributed by atoms with Gasteiger partial charge in [0.05, 0.1) is 12.2 Å². The van der Waals surface area contributed by atoms with Gasteiger partial charge in [0.15, 0.2) is 0 Å². The van der Waals surface area contributed by atoms with Gasteiger partial charge in [-0.1, -0.05) is 43.6 Å². The number of hydrogen-bond acceptors (Lipinski definition) is 3. The van der Waals surface area contributed by atoms with Crippen molar-refractivity contribution in [3.8, 4) is 0 Å². The van der Waals surface area contributed by atoms with Crippen LogP contribution in [0.1, 0.15) is 25.5 Å². The van der Waals surface area contributed by atoms with Gasteiger partial charge in [0.25, 0.3) is 0 Å². The van der Waals surface area contributed by atoms with E-state index in [1.807, 2.05) is 26.0 Å². The molecule has 0 heterocycles. The molecule has 3 N–H and O–H groups in total. The van der Waals surface area contributed by atoms with E-state index < -0.39 is 12.2 Å². The zero-order chi connectivity index (χ0) is 12.8. The minimum Gasteiger partial charge on any atom is -0.392 e. The summed E-state index contributed by atoms with van der Waals surface area (Å²) in [7, 11) is 0. The minimum absolute atomic E-state index is 0.208. The van der Waals surface area contributed by atoms with Gasteiger partial charge in [0.1, 0.15) is 0 Å². The number of aliphatic hydroxyl groups is 2. The highest BCUT2D eigenvalue weighted by Crippen LogP contribution is 2.21. The summed E-state index contributed by atoms with van der Waals surface area (Å²) >= 11 is 5.97. The van der Waals surface area contributed by atoms with Crippen LogP contribution >= 0.6 is 11.6 Å². The molecule has 2 unspecified atom stereocenters. The molecule has 0 amide bonds. The SMILES string of the molecule is CC(C)C(O)CNCC(O)c1ccccc1Cl. The molecule has 1 aromatic rings. The van der Waals surface area contributed by atoms with Gasteiger partial charge >= 0.3 is 0 Å². The lowest BCUT2D eigenvalue weighted by molar-refractivity contribution is 0.113. The second-order valence-corrected chi connectivity index (χ2v) is 4.91. The van der Waals surface area contributed by atoms with Gasteiger partial charge in [-0.25, -0.2) is 0 Å². The molecular formula is C13H20ClNO2. The Bertz CT molecular complexity index is 344. The fourth-order valence-corrected chi connectivity index (χ4v) is 1.72. The fraction of sp³-hybridized carbons (Fsp3) is 0.538. The molecule has 1 rings (SSSR count). The van der Waals surface area contributed by atoms with Crippen LogP contribution in [0.2, 0.25) is 5.02 Å². The summed E-state index contributed by atoms with van der Waals surface area (Å²) in [5, 5.41) is 23.1. The number of nitrogens with one attached hydrogen (secondary N) is 1. The number of hydrogen-bond donors (Lipinski definition) is 3. The maximum Gasteiger partial charge on any atom is 0.0928 e. The molecule has 0 aliphatic carbocycles. The van der Waals surface area contributed by atoms with Crippen molar-refractivity contribution in [1.82, 2.24) is 5.32 Å². The average Bonchev–Trinajstić information content (AvgIpc) is 2.29. The van der Waals surface area contributed by atoms with Crippen LogP contribution in [-0.2, 0) is 0 Å². The molecule has 4 heteroatoms. The number of halogens is 1. The van der Waals surface area contributed by atoms with Gasteiger partial charge in [-0.3, -0.25) is 0 Å². The molecule has 0 bridgehead atoms. The van der Waals surface area contributed by atoms with Gasteiger partial charge in [-0.15, -0.1) is 0 Å². The molecular weight excluding hydrogens is 238 g/mol. The average molecular weight is 258 g/mol. The van der Waals surface area contributed by atoms with E-state index in [0.717, 1.165) is 0 Å². The second-order valence-electron chi connectivity index (χ2n) is 4.51. The fourth-order valence-electron chi connectivity index (χ4n) is 1.46. The first kappa shape index (κ1) is 14.5. The Morgan fingerprint density at radius 1 is 1.18 bits per heavy atom. The van der Waals surface area contributed by atoms with E-state index in [1.54, 1.807) is 12.1 Å². The van der Waals surface area contributed by atoms with Gasteiger partial charge in [0, 0.05) is 23.7 Å². The van der Waals surface area contributed by atoms with Crippen molar-refractivity contribution in [2.24, 2.45) is 5.92 Å². The van der Waals surface area contributed by atoms with Crippen LogP contribution in [-0.4, -0.2) is 29.4 Å². The van der Waals surface area contributed by atoms with Gasteiger partial charge < -0.3 is 15.5 Å². The minimum atomic E-state index is -0.650. The molecule has 0 spiro atoms. The summed E-state index contributed by atoms with van der Waals surface area (Å²) in [6.45, 7) is 4.76. The first-order valence-electron chi connectivity index (χ1n) is 5.83. The van der Waals surface area contributed by atoms with Crippen LogP contribution in [0, 0.1) is 5.92 Å². The topological polar surface area (TPSA) is 52.5 Å². The molecule has 3 nitrogen and oxygen atoms in total. The van der Waals surface area contributed by atoms with Crippen LogP contribution in [0.5, 0.6) is 0 Å². The van der Waals surface area contributed by atoms with Crippen LogP contribution in [0.4, 0.5) is 0 Å². The van der Waals surface area contributed by atoms with Gasteiger partial charge in [-0.2, -0.15) is 0 Å². The molecule has 1 aromatic carbocycles. The highest BCUT2D eigenvalue weighted by Gasteiger charge is 2.12. The molecule has 0 radical (unpaired) electrons. The van der Waals surface area contributed by atoms with E-state index in [0.29, 0.717) is 23.7 Å². The zero-order valence-electron chi connectivity index (χ0n) is 10.2. The summed E-state index contributed by atoms with van der Waals surface area (Å²) in [6.07, 6.45) is -1.04. The van der Waals surface area contributed by atoms with Crippen LogP contribution in [0.3, 0.4) is 0 Å². The highest BCUT2D eigenvalue weighted by molar-refractivity contribution is 6.31. The summed E-state index contributed by atoms with van der Waals surface area (Å²) in [4.78, 5) is 0. The van der Waals surface area contributed by atoms with Crippen molar-refractivity contribution in [1.29, 1.82) is 0 Å². The smallest absolute Gasteiger partial charge is 0.0928 e. The number of aliphatic hydroxyl groups excluding tert-OH is 2. The first-order chi connectivity index (χ1) is 8.02. The van der Waals surface area contributed by atoms with E-state index in [-0.39, 0.29) is 5.92 Å². The molecule has 17 heavy (non-hydrogen) atoms.